The van der Waals surface area contributed by atoms with Crippen LogP contribution < -0.4 is 10.2 Å². The van der Waals surface area contributed by atoms with Crippen LogP contribution in [0.1, 0.15) is 58.2 Å². The Morgan fingerprint density at radius 3 is 2.69 bits per heavy atom. The van der Waals surface area contributed by atoms with Gasteiger partial charge < -0.3 is 15.3 Å². The number of benzene rings is 2. The van der Waals surface area contributed by atoms with E-state index in [2.05, 4.69) is 10.4 Å². The second-order valence-corrected chi connectivity index (χ2v) is 8.69. The second kappa shape index (κ2) is 10.3. The molecule has 0 aliphatic carbocycles. The third kappa shape index (κ3) is 4.97. The Bertz CT molecular complexity index is 1310. The molecule has 0 spiro atoms. The third-order valence-corrected chi connectivity index (χ3v) is 6.10. The van der Waals surface area contributed by atoms with Crippen LogP contribution in [0.5, 0.6) is 0 Å². The zero-order valence-electron chi connectivity index (χ0n) is 19.6. The van der Waals surface area contributed by atoms with Gasteiger partial charge in [0, 0.05) is 30.0 Å². The molecule has 2 N–H and O–H groups in total. The number of hydrogen-bond donors (Lipinski definition) is 2. The molecule has 0 fully saturated rings. The van der Waals surface area contributed by atoms with Crippen LogP contribution in [0.25, 0.3) is 0 Å². The van der Waals surface area contributed by atoms with Crippen LogP contribution in [0.2, 0.25) is 0 Å². The molecular formula is C26H25F2N5O3. The normalized spacial score (nSPS) is 15.4. The van der Waals surface area contributed by atoms with Gasteiger partial charge in [-0.25, -0.2) is 8.78 Å². The van der Waals surface area contributed by atoms with E-state index in [1.807, 2.05) is 13.0 Å². The van der Waals surface area contributed by atoms with Crippen molar-refractivity contribution in [1.82, 2.24) is 9.78 Å². The zero-order chi connectivity index (χ0) is 25.9. The Hall–Kier alpha value is -4.10. The van der Waals surface area contributed by atoms with Crippen molar-refractivity contribution in [2.24, 2.45) is 0 Å². The van der Waals surface area contributed by atoms with Gasteiger partial charge in [0.2, 0.25) is 0 Å². The summed E-state index contributed by atoms with van der Waals surface area (Å²) in [6.45, 7) is 2.00. The number of carbonyl (C=O) groups excluding carboxylic acids is 2. The van der Waals surface area contributed by atoms with E-state index >= 15 is 0 Å². The zero-order valence-corrected chi connectivity index (χ0v) is 19.6. The van der Waals surface area contributed by atoms with Crippen molar-refractivity contribution in [1.29, 1.82) is 5.26 Å². The number of nitrogens with one attached hydrogen (secondary N) is 1. The molecule has 186 valence electrons. The molecule has 2 heterocycles. The summed E-state index contributed by atoms with van der Waals surface area (Å²) in [5, 5.41) is 24.8. The van der Waals surface area contributed by atoms with Crippen molar-refractivity contribution in [3.8, 4) is 6.07 Å². The van der Waals surface area contributed by atoms with Crippen LogP contribution in [0.4, 0.5) is 20.2 Å². The number of unbranched alkanes of at least 4 members (excludes halogenated alkanes) is 1. The van der Waals surface area contributed by atoms with Crippen LogP contribution in [0.15, 0.2) is 54.7 Å². The van der Waals surface area contributed by atoms with Gasteiger partial charge in [-0.2, -0.15) is 10.4 Å². The molecule has 36 heavy (non-hydrogen) atoms. The highest BCUT2D eigenvalue weighted by Crippen LogP contribution is 2.35. The molecule has 2 amide bonds. The summed E-state index contributed by atoms with van der Waals surface area (Å²) in [7, 11) is 0. The summed E-state index contributed by atoms with van der Waals surface area (Å²) in [5.41, 5.74) is 1.23. The molecule has 2 aromatic carbocycles. The van der Waals surface area contributed by atoms with E-state index in [4.69, 9.17) is 10.4 Å². The van der Waals surface area contributed by atoms with Crippen LogP contribution in [-0.4, -0.2) is 39.4 Å². The molecule has 0 saturated carbocycles. The van der Waals surface area contributed by atoms with Gasteiger partial charge in [-0.15, -0.1) is 0 Å². The lowest BCUT2D eigenvalue weighted by Gasteiger charge is -2.34. The minimum atomic E-state index is -3.04. The average molecular weight is 494 g/mol. The highest BCUT2D eigenvalue weighted by molar-refractivity contribution is 6.15. The molecule has 0 bridgehead atoms. The van der Waals surface area contributed by atoms with Crippen molar-refractivity contribution >= 4 is 23.2 Å². The van der Waals surface area contributed by atoms with E-state index in [1.165, 1.54) is 46.1 Å². The van der Waals surface area contributed by atoms with Crippen LogP contribution >= 0.6 is 0 Å². The number of hydrogen-bond acceptors (Lipinski definition) is 5. The first kappa shape index (κ1) is 25.0. The van der Waals surface area contributed by atoms with Gasteiger partial charge in [-0.05, 0) is 50.1 Å². The van der Waals surface area contributed by atoms with Gasteiger partial charge in [-0.1, -0.05) is 18.2 Å². The van der Waals surface area contributed by atoms with Gasteiger partial charge in [0.05, 0.1) is 36.0 Å². The number of rotatable bonds is 8. The summed E-state index contributed by atoms with van der Waals surface area (Å²) in [6.07, 6.45) is 1.45. The lowest BCUT2D eigenvalue weighted by atomic mass is 10.0. The lowest BCUT2D eigenvalue weighted by Crippen LogP contribution is -2.47. The summed E-state index contributed by atoms with van der Waals surface area (Å²) < 4.78 is 30.5. The number of alkyl halides is 2. The van der Waals surface area contributed by atoms with Gasteiger partial charge in [0.15, 0.2) is 0 Å². The second-order valence-electron chi connectivity index (χ2n) is 8.69. The van der Waals surface area contributed by atoms with E-state index in [1.54, 1.807) is 18.2 Å². The fraction of sp³-hybridized carbons (Fsp3) is 0.308. The third-order valence-electron chi connectivity index (χ3n) is 6.10. The first-order valence-electron chi connectivity index (χ1n) is 11.6. The highest BCUT2D eigenvalue weighted by atomic mass is 19.3. The number of aliphatic hydroxyl groups is 1. The first-order chi connectivity index (χ1) is 17.2. The highest BCUT2D eigenvalue weighted by Gasteiger charge is 2.36. The molecule has 1 aliphatic rings. The molecule has 3 aromatic rings. The topological polar surface area (TPSA) is 111 Å². The van der Waals surface area contributed by atoms with Gasteiger partial charge in [0.25, 0.3) is 17.7 Å². The van der Waals surface area contributed by atoms with Crippen LogP contribution in [-0.2, 0) is 12.5 Å². The van der Waals surface area contributed by atoms with Crippen LogP contribution in [0.3, 0.4) is 0 Å². The maximum Gasteiger partial charge on any atom is 0.277 e. The standard InChI is InChI=1S/C26H25F2N5O3/c1-17-16-32-23(22(15-30-32)24(35)31-20-6-4-5-18(13-20)14-29)25(36)33(17)21-9-7-19(8-10-21)26(27,28)11-2-3-12-34/h4-10,13,15,17,34H,2-3,11-12,16H2,1H3,(H,31,35). The van der Waals surface area contributed by atoms with E-state index in [9.17, 15) is 18.4 Å². The number of amides is 2. The van der Waals surface area contributed by atoms with Crippen molar-refractivity contribution in [2.75, 3.05) is 16.8 Å². The quantitative estimate of drug-likeness (QED) is 0.454. The predicted molar refractivity (Wildman–Crippen MR) is 129 cm³/mol. The molecule has 1 atom stereocenters. The summed E-state index contributed by atoms with van der Waals surface area (Å²) >= 11 is 0. The number of nitriles is 1. The number of aromatic nitrogens is 2. The molecule has 10 heteroatoms. The summed E-state index contributed by atoms with van der Waals surface area (Å²) in [5.74, 6) is -4.06. The Balaban J connectivity index is 1.57. The maximum atomic E-state index is 14.5. The van der Waals surface area contributed by atoms with Crippen molar-refractivity contribution in [3.63, 3.8) is 0 Å². The maximum absolute atomic E-state index is 14.5. The van der Waals surface area contributed by atoms with E-state index in [0.717, 1.165) is 0 Å². The summed E-state index contributed by atoms with van der Waals surface area (Å²) in [6, 6.07) is 13.6. The predicted octanol–water partition coefficient (Wildman–Crippen LogP) is 4.31. The number of nitrogens with zero attached hydrogens (tertiary/aromatic N) is 4. The number of fused-ring (bicyclic) bond motifs is 1. The smallest absolute Gasteiger partial charge is 0.277 e. The Morgan fingerprint density at radius 1 is 1.25 bits per heavy atom. The molecule has 1 aliphatic heterocycles. The van der Waals surface area contributed by atoms with Gasteiger partial charge in [0.1, 0.15) is 5.69 Å². The van der Waals surface area contributed by atoms with E-state index in [0.29, 0.717) is 29.9 Å². The van der Waals surface area contributed by atoms with Gasteiger partial charge >= 0.3 is 0 Å². The molecule has 0 radical (unpaired) electrons. The largest absolute Gasteiger partial charge is 0.396 e. The molecule has 4 rings (SSSR count). The Kier molecular flexibility index (Phi) is 7.12. The SMILES string of the molecule is CC1Cn2ncc(C(=O)Nc3cccc(C#N)c3)c2C(=O)N1c1ccc(C(F)(F)CCCCO)cc1. The molecule has 0 saturated heterocycles. The van der Waals surface area contributed by atoms with Gasteiger partial charge in [-0.3, -0.25) is 14.3 Å². The Morgan fingerprint density at radius 2 is 2.00 bits per heavy atom. The van der Waals surface area contributed by atoms with E-state index < -0.39 is 17.7 Å². The lowest BCUT2D eigenvalue weighted by molar-refractivity contribution is -0.0165. The minimum Gasteiger partial charge on any atom is -0.396 e. The number of halogens is 2. The molecule has 1 aromatic heterocycles. The van der Waals surface area contributed by atoms with Crippen LogP contribution in [0, 0.1) is 11.3 Å². The van der Waals surface area contributed by atoms with Crippen molar-refractivity contribution in [2.45, 2.75) is 44.7 Å². The Labute approximate surface area is 206 Å². The molecule has 1 unspecified atom stereocenters. The fourth-order valence-electron chi connectivity index (χ4n) is 4.27. The minimum absolute atomic E-state index is 0.0753. The van der Waals surface area contributed by atoms with E-state index in [-0.39, 0.29) is 42.3 Å². The number of carbonyl (C=O) groups is 2. The first-order valence-corrected chi connectivity index (χ1v) is 11.6. The summed E-state index contributed by atoms with van der Waals surface area (Å²) in [4.78, 5) is 27.9. The van der Waals surface area contributed by atoms with Crippen molar-refractivity contribution in [3.05, 3.63) is 77.1 Å². The number of anilines is 2. The fourth-order valence-corrected chi connectivity index (χ4v) is 4.27. The number of aliphatic hydroxyl groups excluding tert-OH is 1. The molecular weight excluding hydrogens is 468 g/mol. The average Bonchev–Trinajstić information content (AvgIpc) is 3.29. The monoisotopic (exact) mass is 493 g/mol. The molecule has 8 nitrogen and oxygen atoms in total. The van der Waals surface area contributed by atoms with Crippen molar-refractivity contribution < 1.29 is 23.5 Å².